The number of hydrogen-bond donors (Lipinski definition) is 1. The highest BCUT2D eigenvalue weighted by molar-refractivity contribution is 5.55. The van der Waals surface area contributed by atoms with E-state index >= 15 is 0 Å². The Kier molecular flexibility index (Phi) is 4.23. The number of halogens is 1. The lowest BCUT2D eigenvalue weighted by Crippen LogP contribution is -2.34. The van der Waals surface area contributed by atoms with Crippen molar-refractivity contribution >= 4 is 5.69 Å². The van der Waals surface area contributed by atoms with E-state index in [1.54, 1.807) is 12.1 Å². The monoisotopic (exact) mass is 250 g/mol. The molecule has 3 heteroatoms. The van der Waals surface area contributed by atoms with Crippen LogP contribution in [0.5, 0.6) is 0 Å². The average Bonchev–Trinajstić information content (AvgIpc) is 2.78. The third kappa shape index (κ3) is 2.66. The predicted molar refractivity (Wildman–Crippen MR) is 74.4 cm³/mol. The largest absolute Gasteiger partial charge is 0.368 e. The Balaban J connectivity index is 2.31. The summed E-state index contributed by atoms with van der Waals surface area (Å²) in [6.45, 7) is 6.16. The molecule has 18 heavy (non-hydrogen) atoms. The first-order valence-electron chi connectivity index (χ1n) is 6.88. The Morgan fingerprint density at radius 1 is 1.44 bits per heavy atom. The molecular weight excluding hydrogens is 227 g/mol. The first-order chi connectivity index (χ1) is 8.63. The van der Waals surface area contributed by atoms with Gasteiger partial charge in [0.1, 0.15) is 5.82 Å². The van der Waals surface area contributed by atoms with Crippen molar-refractivity contribution in [3.05, 3.63) is 29.6 Å². The molecule has 1 unspecified atom stereocenters. The molecule has 0 amide bonds. The molecule has 1 aromatic rings. The molecule has 100 valence electrons. The minimum Gasteiger partial charge on any atom is -0.368 e. The number of hydrogen-bond acceptors (Lipinski definition) is 2. The van der Waals surface area contributed by atoms with E-state index in [4.69, 9.17) is 5.73 Å². The smallest absolute Gasteiger partial charge is 0.123 e. The fourth-order valence-electron chi connectivity index (χ4n) is 2.97. The molecule has 2 rings (SSSR count). The van der Waals surface area contributed by atoms with Crippen LogP contribution in [0.15, 0.2) is 18.2 Å². The SMILES string of the molecule is CC(C)C1CCCN1c1ccc(F)cc1CCN. The second-order valence-corrected chi connectivity index (χ2v) is 5.46. The lowest BCUT2D eigenvalue weighted by molar-refractivity contribution is 0.491. The van der Waals surface area contributed by atoms with Gasteiger partial charge < -0.3 is 10.6 Å². The van der Waals surface area contributed by atoms with Gasteiger partial charge in [0.25, 0.3) is 0 Å². The van der Waals surface area contributed by atoms with Crippen molar-refractivity contribution in [3.8, 4) is 0 Å². The van der Waals surface area contributed by atoms with Crippen LogP contribution in [0.4, 0.5) is 10.1 Å². The maximum absolute atomic E-state index is 13.4. The highest BCUT2D eigenvalue weighted by Gasteiger charge is 2.28. The molecular formula is C15H23FN2. The number of nitrogens with zero attached hydrogens (tertiary/aromatic N) is 1. The van der Waals surface area contributed by atoms with E-state index in [0.717, 1.165) is 18.5 Å². The zero-order valence-electron chi connectivity index (χ0n) is 11.3. The van der Waals surface area contributed by atoms with Gasteiger partial charge in [0.2, 0.25) is 0 Å². The van der Waals surface area contributed by atoms with Gasteiger partial charge in [-0.1, -0.05) is 13.8 Å². The van der Waals surface area contributed by atoms with E-state index in [1.165, 1.54) is 18.5 Å². The summed E-state index contributed by atoms with van der Waals surface area (Å²) >= 11 is 0. The van der Waals surface area contributed by atoms with Gasteiger partial charge in [-0.3, -0.25) is 0 Å². The number of benzene rings is 1. The second-order valence-electron chi connectivity index (χ2n) is 5.46. The summed E-state index contributed by atoms with van der Waals surface area (Å²) in [5.74, 6) is 0.464. The molecule has 1 fully saturated rings. The van der Waals surface area contributed by atoms with Crippen LogP contribution in [0.25, 0.3) is 0 Å². The van der Waals surface area contributed by atoms with Crippen LogP contribution in [-0.4, -0.2) is 19.1 Å². The van der Waals surface area contributed by atoms with Crippen LogP contribution in [0.3, 0.4) is 0 Å². The lowest BCUT2D eigenvalue weighted by atomic mass is 10.00. The third-order valence-electron chi connectivity index (χ3n) is 3.83. The molecule has 2 N–H and O–H groups in total. The molecule has 1 atom stereocenters. The maximum Gasteiger partial charge on any atom is 0.123 e. The van der Waals surface area contributed by atoms with Crippen LogP contribution >= 0.6 is 0 Å². The van der Waals surface area contributed by atoms with E-state index < -0.39 is 0 Å². The quantitative estimate of drug-likeness (QED) is 0.890. The van der Waals surface area contributed by atoms with Crippen LogP contribution in [-0.2, 0) is 6.42 Å². The molecule has 0 aliphatic carbocycles. The Labute approximate surface area is 109 Å². The first-order valence-corrected chi connectivity index (χ1v) is 6.88. The molecule has 1 aliphatic rings. The zero-order chi connectivity index (χ0) is 13.1. The summed E-state index contributed by atoms with van der Waals surface area (Å²) in [4.78, 5) is 2.44. The van der Waals surface area contributed by atoms with Crippen molar-refractivity contribution in [1.82, 2.24) is 0 Å². The van der Waals surface area contributed by atoms with E-state index in [9.17, 15) is 4.39 Å². The number of nitrogens with two attached hydrogens (primary N) is 1. The summed E-state index contributed by atoms with van der Waals surface area (Å²) in [6, 6.07) is 5.69. The Bertz CT molecular complexity index is 403. The molecule has 2 nitrogen and oxygen atoms in total. The van der Waals surface area contributed by atoms with Crippen molar-refractivity contribution in [2.45, 2.75) is 39.2 Å². The molecule has 0 radical (unpaired) electrons. The van der Waals surface area contributed by atoms with Crippen LogP contribution in [0.1, 0.15) is 32.3 Å². The van der Waals surface area contributed by atoms with E-state index in [0.29, 0.717) is 18.5 Å². The molecule has 0 aromatic heterocycles. The van der Waals surface area contributed by atoms with Gasteiger partial charge in [0.15, 0.2) is 0 Å². The third-order valence-corrected chi connectivity index (χ3v) is 3.83. The van der Waals surface area contributed by atoms with E-state index in [-0.39, 0.29) is 5.82 Å². The topological polar surface area (TPSA) is 29.3 Å². The standard InChI is InChI=1S/C15H23FN2/c1-11(2)14-4-3-9-18(14)15-6-5-13(16)10-12(15)7-8-17/h5-6,10-11,14H,3-4,7-9,17H2,1-2H3. The molecule has 0 saturated carbocycles. The first kappa shape index (κ1) is 13.3. The van der Waals surface area contributed by atoms with Crippen LogP contribution < -0.4 is 10.6 Å². The number of rotatable bonds is 4. The molecule has 0 bridgehead atoms. The van der Waals surface area contributed by atoms with Crippen LogP contribution in [0.2, 0.25) is 0 Å². The van der Waals surface area contributed by atoms with E-state index in [1.807, 2.05) is 6.07 Å². The highest BCUT2D eigenvalue weighted by atomic mass is 19.1. The van der Waals surface area contributed by atoms with Gasteiger partial charge in [-0.05, 0) is 55.5 Å². The molecule has 1 aliphatic heterocycles. The fraction of sp³-hybridized carbons (Fsp3) is 0.600. The Morgan fingerprint density at radius 3 is 2.89 bits per heavy atom. The van der Waals surface area contributed by atoms with Crippen molar-refractivity contribution in [2.75, 3.05) is 18.0 Å². The van der Waals surface area contributed by atoms with Gasteiger partial charge in [-0.2, -0.15) is 0 Å². The second kappa shape index (κ2) is 5.70. The van der Waals surface area contributed by atoms with Crippen LogP contribution in [0, 0.1) is 11.7 Å². The van der Waals surface area contributed by atoms with Crippen molar-refractivity contribution in [3.63, 3.8) is 0 Å². The Hall–Kier alpha value is -1.09. The molecule has 1 heterocycles. The lowest BCUT2D eigenvalue weighted by Gasteiger charge is -2.31. The predicted octanol–water partition coefficient (Wildman–Crippen LogP) is 2.95. The normalized spacial score (nSPS) is 19.8. The fourth-order valence-corrected chi connectivity index (χ4v) is 2.97. The summed E-state index contributed by atoms with van der Waals surface area (Å²) in [5, 5.41) is 0. The van der Waals surface area contributed by atoms with Gasteiger partial charge in [0, 0.05) is 18.3 Å². The molecule has 1 aromatic carbocycles. The van der Waals surface area contributed by atoms with Gasteiger partial charge in [-0.25, -0.2) is 4.39 Å². The van der Waals surface area contributed by atoms with Crippen molar-refractivity contribution in [2.24, 2.45) is 11.7 Å². The minimum absolute atomic E-state index is 0.164. The maximum atomic E-state index is 13.4. The van der Waals surface area contributed by atoms with Gasteiger partial charge in [-0.15, -0.1) is 0 Å². The zero-order valence-corrected chi connectivity index (χ0v) is 11.3. The minimum atomic E-state index is -0.164. The van der Waals surface area contributed by atoms with E-state index in [2.05, 4.69) is 18.7 Å². The number of anilines is 1. The summed E-state index contributed by atoms with van der Waals surface area (Å²) in [6.07, 6.45) is 3.20. The Morgan fingerprint density at radius 2 is 2.22 bits per heavy atom. The van der Waals surface area contributed by atoms with Crippen molar-refractivity contribution < 1.29 is 4.39 Å². The van der Waals surface area contributed by atoms with Crippen molar-refractivity contribution in [1.29, 1.82) is 0 Å². The molecule has 0 spiro atoms. The summed E-state index contributed by atoms with van der Waals surface area (Å²) in [5.41, 5.74) is 7.86. The summed E-state index contributed by atoms with van der Waals surface area (Å²) in [7, 11) is 0. The van der Waals surface area contributed by atoms with Gasteiger partial charge >= 0.3 is 0 Å². The highest BCUT2D eigenvalue weighted by Crippen LogP contribution is 2.32. The average molecular weight is 250 g/mol. The van der Waals surface area contributed by atoms with Gasteiger partial charge in [0.05, 0.1) is 0 Å². The molecule has 1 saturated heterocycles. The summed E-state index contributed by atoms with van der Waals surface area (Å²) < 4.78 is 13.4.